The summed E-state index contributed by atoms with van der Waals surface area (Å²) in [5.74, 6) is 1.20. The number of nitrogens with zero attached hydrogens (tertiary/aromatic N) is 1. The number of carboxylic acid groups (broad SMARTS) is 1. The number of amides is 1. The summed E-state index contributed by atoms with van der Waals surface area (Å²) in [5.41, 5.74) is 0.863. The van der Waals surface area contributed by atoms with Gasteiger partial charge in [0.15, 0.2) is 0 Å². The third-order valence-electron chi connectivity index (χ3n) is 3.48. The predicted octanol–water partition coefficient (Wildman–Crippen LogP) is 1.95. The fourth-order valence-corrected chi connectivity index (χ4v) is 2.20. The monoisotopic (exact) mass is 265 g/mol. The van der Waals surface area contributed by atoms with E-state index >= 15 is 0 Å². The largest absolute Gasteiger partial charge is 0.493 e. The van der Waals surface area contributed by atoms with Crippen molar-refractivity contribution in [3.05, 3.63) is 29.8 Å². The summed E-state index contributed by atoms with van der Waals surface area (Å²) in [7, 11) is 0. The first kappa shape index (κ1) is 13.7. The lowest BCUT2D eigenvalue weighted by atomic mass is 9.98. The summed E-state index contributed by atoms with van der Waals surface area (Å²) in [4.78, 5) is 12.2. The number of hydrogen-bond donors (Lipinski definition) is 2. The molecule has 5 nitrogen and oxygen atoms in total. The van der Waals surface area contributed by atoms with Gasteiger partial charge in [-0.25, -0.2) is 4.79 Å². The van der Waals surface area contributed by atoms with Crippen molar-refractivity contribution < 1.29 is 19.7 Å². The summed E-state index contributed by atoms with van der Waals surface area (Å²) in [6.07, 6.45) is 0.862. The van der Waals surface area contributed by atoms with E-state index < -0.39 is 6.09 Å². The number of piperidine rings is 1. The number of carbonyl (C=O) groups is 1. The van der Waals surface area contributed by atoms with E-state index in [1.165, 1.54) is 4.90 Å². The molecular weight excluding hydrogens is 246 g/mol. The van der Waals surface area contributed by atoms with Crippen LogP contribution in [0.15, 0.2) is 24.3 Å². The van der Waals surface area contributed by atoms with Crippen LogP contribution in [-0.4, -0.2) is 40.9 Å². The number of benzene rings is 1. The van der Waals surface area contributed by atoms with Crippen LogP contribution >= 0.6 is 0 Å². The Bertz CT molecular complexity index is 410. The van der Waals surface area contributed by atoms with Crippen molar-refractivity contribution in [1.29, 1.82) is 0 Å². The summed E-state index contributed by atoms with van der Waals surface area (Å²) in [6.45, 7) is 1.83. The Morgan fingerprint density at radius 1 is 1.26 bits per heavy atom. The molecule has 0 aliphatic carbocycles. The Balaban J connectivity index is 1.75. The Hall–Kier alpha value is -1.75. The fraction of sp³-hybridized carbons (Fsp3) is 0.500. The molecule has 1 fully saturated rings. The molecule has 0 spiro atoms. The Morgan fingerprint density at radius 2 is 1.89 bits per heavy atom. The Labute approximate surface area is 112 Å². The Kier molecular flexibility index (Phi) is 4.63. The molecule has 0 atom stereocenters. The normalized spacial score (nSPS) is 16.4. The number of aliphatic hydroxyl groups excluding tert-OH is 1. The molecule has 1 aromatic rings. The zero-order valence-electron chi connectivity index (χ0n) is 10.8. The molecule has 1 aromatic carbocycles. The minimum absolute atomic E-state index is 0.0356. The van der Waals surface area contributed by atoms with Crippen LogP contribution in [0.25, 0.3) is 0 Å². The van der Waals surface area contributed by atoms with Gasteiger partial charge in [-0.2, -0.15) is 0 Å². The van der Waals surface area contributed by atoms with Gasteiger partial charge < -0.3 is 19.8 Å². The molecule has 104 valence electrons. The second kappa shape index (κ2) is 6.43. The van der Waals surface area contributed by atoms with E-state index in [1.807, 2.05) is 24.3 Å². The summed E-state index contributed by atoms with van der Waals surface area (Å²) >= 11 is 0. The summed E-state index contributed by atoms with van der Waals surface area (Å²) in [6, 6.07) is 7.36. The van der Waals surface area contributed by atoms with E-state index in [9.17, 15) is 4.79 Å². The fourth-order valence-electron chi connectivity index (χ4n) is 2.20. The molecule has 5 heteroatoms. The quantitative estimate of drug-likeness (QED) is 0.873. The maximum atomic E-state index is 10.8. The molecule has 0 bridgehead atoms. The number of rotatable bonds is 4. The third kappa shape index (κ3) is 3.86. The molecule has 19 heavy (non-hydrogen) atoms. The van der Waals surface area contributed by atoms with Crippen molar-refractivity contribution in [3.63, 3.8) is 0 Å². The van der Waals surface area contributed by atoms with E-state index in [-0.39, 0.29) is 6.61 Å². The maximum Gasteiger partial charge on any atom is 0.407 e. The smallest absolute Gasteiger partial charge is 0.407 e. The van der Waals surface area contributed by atoms with Crippen LogP contribution in [0.1, 0.15) is 18.4 Å². The SMILES string of the molecule is O=C(O)N1CCC(COc2ccc(CO)cc2)CC1. The first-order valence-electron chi connectivity index (χ1n) is 6.49. The molecular formula is C14H19NO4. The standard InChI is InChI=1S/C14H19NO4/c16-9-11-1-3-13(4-2-11)19-10-12-5-7-15(8-6-12)14(17)18/h1-4,12,16H,5-10H2,(H,17,18). The lowest BCUT2D eigenvalue weighted by Crippen LogP contribution is -2.38. The molecule has 2 rings (SSSR count). The van der Waals surface area contributed by atoms with Gasteiger partial charge in [-0.05, 0) is 36.5 Å². The van der Waals surface area contributed by atoms with Crippen molar-refractivity contribution in [1.82, 2.24) is 4.90 Å². The second-order valence-electron chi connectivity index (χ2n) is 4.83. The van der Waals surface area contributed by atoms with Gasteiger partial charge in [0.2, 0.25) is 0 Å². The van der Waals surface area contributed by atoms with Gasteiger partial charge in [0.25, 0.3) is 0 Å². The maximum absolute atomic E-state index is 10.8. The van der Waals surface area contributed by atoms with Gasteiger partial charge in [-0.1, -0.05) is 12.1 Å². The number of ether oxygens (including phenoxy) is 1. The molecule has 0 radical (unpaired) electrons. The number of hydrogen-bond acceptors (Lipinski definition) is 3. The zero-order valence-corrected chi connectivity index (χ0v) is 10.8. The van der Waals surface area contributed by atoms with Gasteiger partial charge in [-0.3, -0.25) is 0 Å². The average molecular weight is 265 g/mol. The highest BCUT2D eigenvalue weighted by Crippen LogP contribution is 2.19. The van der Waals surface area contributed by atoms with Crippen molar-refractivity contribution in [2.24, 2.45) is 5.92 Å². The van der Waals surface area contributed by atoms with Crippen LogP contribution in [-0.2, 0) is 6.61 Å². The van der Waals surface area contributed by atoms with Crippen LogP contribution in [0.5, 0.6) is 5.75 Å². The molecule has 1 aliphatic heterocycles. The second-order valence-corrected chi connectivity index (χ2v) is 4.83. The average Bonchev–Trinajstić information content (AvgIpc) is 2.46. The molecule has 0 saturated carbocycles. The van der Waals surface area contributed by atoms with Crippen LogP contribution in [0, 0.1) is 5.92 Å². The summed E-state index contributed by atoms with van der Waals surface area (Å²) in [5, 5.41) is 17.8. The zero-order chi connectivity index (χ0) is 13.7. The minimum atomic E-state index is -0.834. The van der Waals surface area contributed by atoms with Crippen molar-refractivity contribution >= 4 is 6.09 Å². The molecule has 0 unspecified atom stereocenters. The highest BCUT2D eigenvalue weighted by molar-refractivity contribution is 5.64. The molecule has 1 saturated heterocycles. The molecule has 2 N–H and O–H groups in total. The number of likely N-dealkylation sites (tertiary alicyclic amines) is 1. The first-order valence-corrected chi connectivity index (χ1v) is 6.49. The van der Waals surface area contributed by atoms with Gasteiger partial charge in [0, 0.05) is 13.1 Å². The minimum Gasteiger partial charge on any atom is -0.493 e. The molecule has 1 amide bonds. The number of aliphatic hydroxyl groups is 1. The van der Waals surface area contributed by atoms with E-state index in [4.69, 9.17) is 14.9 Å². The van der Waals surface area contributed by atoms with E-state index in [0.29, 0.717) is 25.6 Å². The van der Waals surface area contributed by atoms with E-state index in [2.05, 4.69) is 0 Å². The summed E-state index contributed by atoms with van der Waals surface area (Å²) < 4.78 is 5.69. The van der Waals surface area contributed by atoms with Crippen molar-refractivity contribution in [2.45, 2.75) is 19.4 Å². The molecule has 0 aromatic heterocycles. The van der Waals surface area contributed by atoms with E-state index in [1.54, 1.807) is 0 Å². The van der Waals surface area contributed by atoms with Crippen LogP contribution < -0.4 is 4.74 Å². The van der Waals surface area contributed by atoms with Crippen molar-refractivity contribution in [3.8, 4) is 5.75 Å². The first-order chi connectivity index (χ1) is 9.19. The lowest BCUT2D eigenvalue weighted by Gasteiger charge is -2.29. The van der Waals surface area contributed by atoms with Crippen molar-refractivity contribution in [2.75, 3.05) is 19.7 Å². The lowest BCUT2D eigenvalue weighted by molar-refractivity contribution is 0.111. The van der Waals surface area contributed by atoms with Gasteiger partial charge in [0.1, 0.15) is 5.75 Å². The highest BCUT2D eigenvalue weighted by Gasteiger charge is 2.22. The molecule has 1 aliphatic rings. The van der Waals surface area contributed by atoms with Gasteiger partial charge in [0.05, 0.1) is 13.2 Å². The topological polar surface area (TPSA) is 70.0 Å². The molecule has 1 heterocycles. The third-order valence-corrected chi connectivity index (χ3v) is 3.48. The van der Waals surface area contributed by atoms with Crippen LogP contribution in [0.3, 0.4) is 0 Å². The van der Waals surface area contributed by atoms with Gasteiger partial charge >= 0.3 is 6.09 Å². The highest BCUT2D eigenvalue weighted by atomic mass is 16.5. The van der Waals surface area contributed by atoms with Gasteiger partial charge in [-0.15, -0.1) is 0 Å². The van der Waals surface area contributed by atoms with E-state index in [0.717, 1.165) is 24.2 Å². The van der Waals surface area contributed by atoms with Crippen LogP contribution in [0.2, 0.25) is 0 Å². The van der Waals surface area contributed by atoms with Crippen LogP contribution in [0.4, 0.5) is 4.79 Å². The Morgan fingerprint density at radius 3 is 2.42 bits per heavy atom. The predicted molar refractivity (Wildman–Crippen MR) is 70.2 cm³/mol.